The van der Waals surface area contributed by atoms with Crippen LogP contribution in [0.3, 0.4) is 0 Å². The summed E-state index contributed by atoms with van der Waals surface area (Å²) < 4.78 is 0. The van der Waals surface area contributed by atoms with Gasteiger partial charge in [0.2, 0.25) is 0 Å². The van der Waals surface area contributed by atoms with Gasteiger partial charge in [-0.2, -0.15) is 0 Å². The van der Waals surface area contributed by atoms with Crippen molar-refractivity contribution in [2.75, 3.05) is 9.80 Å². The van der Waals surface area contributed by atoms with Crippen molar-refractivity contribution in [1.82, 2.24) is 0 Å². The fourth-order valence-corrected chi connectivity index (χ4v) is 9.23. The summed E-state index contributed by atoms with van der Waals surface area (Å²) in [5.74, 6) is 0. The van der Waals surface area contributed by atoms with E-state index in [0.717, 1.165) is 56.4 Å². The Bertz CT molecular complexity index is 2960. The maximum atomic E-state index is 2.43. The number of hydrogen-bond donors (Lipinski definition) is 0. The second kappa shape index (κ2) is 20.3. The number of rotatable bonds is 12. The van der Waals surface area contributed by atoms with Crippen LogP contribution in [0.5, 0.6) is 0 Å². The average molecular weight is 885 g/mol. The summed E-state index contributed by atoms with van der Waals surface area (Å²) in [5.41, 5.74) is 20.2. The van der Waals surface area contributed by atoms with E-state index in [1.54, 1.807) is 0 Å². The van der Waals surface area contributed by atoms with Crippen LogP contribution in [0.25, 0.3) is 66.8 Å². The second-order valence-corrected chi connectivity index (χ2v) is 16.9. The number of nitrogens with zero attached hydrogens (tertiary/aromatic N) is 2. The van der Waals surface area contributed by atoms with Crippen molar-refractivity contribution >= 4 is 34.1 Å². The van der Waals surface area contributed by atoms with E-state index in [-0.39, 0.29) is 7.43 Å². The molecule has 2 nitrogen and oxygen atoms in total. The van der Waals surface area contributed by atoms with E-state index in [0.29, 0.717) is 0 Å². The van der Waals surface area contributed by atoms with Gasteiger partial charge in [0.25, 0.3) is 0 Å². The Kier molecular flexibility index (Phi) is 12.9. The van der Waals surface area contributed by atoms with Crippen molar-refractivity contribution in [1.29, 1.82) is 0 Å². The predicted octanol–water partition coefficient (Wildman–Crippen LogP) is 19.3. The Balaban J connectivity index is 0.00000553. The van der Waals surface area contributed by atoms with Crippen LogP contribution in [0.2, 0.25) is 0 Å². The third-order valence-electron chi connectivity index (χ3n) is 12.7. The van der Waals surface area contributed by atoms with E-state index in [9.17, 15) is 0 Å². The predicted molar refractivity (Wildman–Crippen MR) is 295 cm³/mol. The van der Waals surface area contributed by atoms with Crippen LogP contribution in [0, 0.1) is 0 Å². The molecule has 69 heavy (non-hydrogen) atoms. The van der Waals surface area contributed by atoms with E-state index in [1.807, 2.05) is 0 Å². The first-order valence-electron chi connectivity index (χ1n) is 23.2. The van der Waals surface area contributed by atoms with Gasteiger partial charge >= 0.3 is 0 Å². The normalized spacial score (nSPS) is 10.8. The van der Waals surface area contributed by atoms with Crippen LogP contribution >= 0.6 is 0 Å². The van der Waals surface area contributed by atoms with Crippen molar-refractivity contribution in [2.45, 2.75) is 7.43 Å². The van der Waals surface area contributed by atoms with Gasteiger partial charge in [0.05, 0.1) is 11.4 Å². The molecule has 11 rings (SSSR count). The summed E-state index contributed by atoms with van der Waals surface area (Å²) in [6.07, 6.45) is 0. The summed E-state index contributed by atoms with van der Waals surface area (Å²) in [4.78, 5) is 4.86. The van der Waals surface area contributed by atoms with E-state index in [1.165, 1.54) is 44.5 Å². The smallest absolute Gasteiger partial charge is 0.0561 e. The van der Waals surface area contributed by atoms with Crippen LogP contribution in [0.4, 0.5) is 34.1 Å². The molecule has 0 fully saturated rings. The van der Waals surface area contributed by atoms with E-state index < -0.39 is 0 Å². The summed E-state index contributed by atoms with van der Waals surface area (Å²) in [5, 5.41) is 0. The summed E-state index contributed by atoms with van der Waals surface area (Å²) in [7, 11) is 0. The molecule has 0 amide bonds. The zero-order valence-electron chi connectivity index (χ0n) is 37.6. The SMILES string of the molecule is C.c1ccc(-c2ccc(N(c3ccc(-c4ccccc4)cc3)c3cc(N(c4ccc(-c5ccccc5)cc4)c4ccc(-c5ccccc5)cc4)c(-c4ccccc4)cc3-c3ccccc3)cc2)cc1. The lowest BCUT2D eigenvalue weighted by Crippen LogP contribution is -2.15. The van der Waals surface area contributed by atoms with Gasteiger partial charge in [-0.1, -0.05) is 238 Å². The Labute approximate surface area is 407 Å². The fourth-order valence-electron chi connectivity index (χ4n) is 9.23. The summed E-state index contributed by atoms with van der Waals surface area (Å²) in [6.45, 7) is 0. The molecule has 0 radical (unpaired) electrons. The molecule has 0 aliphatic carbocycles. The molecule has 330 valence electrons. The van der Waals surface area contributed by atoms with Crippen molar-refractivity contribution in [3.05, 3.63) is 291 Å². The molecule has 0 aromatic heterocycles. The molecule has 0 atom stereocenters. The number of anilines is 6. The Morgan fingerprint density at radius 3 is 0.580 bits per heavy atom. The minimum Gasteiger partial charge on any atom is -0.310 e. The van der Waals surface area contributed by atoms with Crippen molar-refractivity contribution < 1.29 is 0 Å². The van der Waals surface area contributed by atoms with Gasteiger partial charge in [0, 0.05) is 33.9 Å². The molecule has 0 unspecified atom stereocenters. The van der Waals surface area contributed by atoms with E-state index in [4.69, 9.17) is 0 Å². The van der Waals surface area contributed by atoms with E-state index >= 15 is 0 Å². The zero-order valence-corrected chi connectivity index (χ0v) is 37.6. The van der Waals surface area contributed by atoms with Gasteiger partial charge in [-0.3, -0.25) is 0 Å². The van der Waals surface area contributed by atoms with Gasteiger partial charge in [-0.25, -0.2) is 0 Å². The van der Waals surface area contributed by atoms with Gasteiger partial charge in [-0.05, 0) is 116 Å². The monoisotopic (exact) mass is 884 g/mol. The second-order valence-electron chi connectivity index (χ2n) is 16.9. The summed E-state index contributed by atoms with van der Waals surface area (Å²) in [6, 6.07) is 105. The first-order chi connectivity index (χ1) is 33.7. The molecule has 0 N–H and O–H groups in total. The largest absolute Gasteiger partial charge is 0.310 e. The molecular formula is C67H52N2. The molecule has 11 aromatic carbocycles. The lowest BCUT2D eigenvalue weighted by Gasteiger charge is -2.33. The first kappa shape index (κ1) is 43.9. The molecule has 11 aromatic rings. The van der Waals surface area contributed by atoms with Crippen LogP contribution in [0.1, 0.15) is 7.43 Å². The molecule has 0 saturated carbocycles. The molecule has 2 heteroatoms. The maximum Gasteiger partial charge on any atom is 0.0561 e. The van der Waals surface area contributed by atoms with Gasteiger partial charge in [0.15, 0.2) is 0 Å². The highest BCUT2D eigenvalue weighted by Crippen LogP contribution is 2.50. The third kappa shape index (κ3) is 9.38. The third-order valence-corrected chi connectivity index (χ3v) is 12.7. The number of hydrogen-bond acceptors (Lipinski definition) is 2. The molecule has 0 aliphatic heterocycles. The van der Waals surface area contributed by atoms with Crippen LogP contribution in [-0.4, -0.2) is 0 Å². The quantitative estimate of drug-likeness (QED) is 0.121. The highest BCUT2D eigenvalue weighted by Gasteiger charge is 2.25. The Morgan fingerprint density at radius 1 is 0.174 bits per heavy atom. The van der Waals surface area contributed by atoms with Gasteiger partial charge in [-0.15, -0.1) is 0 Å². The average Bonchev–Trinajstić information content (AvgIpc) is 3.43. The first-order valence-corrected chi connectivity index (χ1v) is 23.2. The van der Waals surface area contributed by atoms with Crippen molar-refractivity contribution in [3.8, 4) is 66.8 Å². The number of benzene rings is 11. The Morgan fingerprint density at radius 2 is 0.362 bits per heavy atom. The van der Waals surface area contributed by atoms with Gasteiger partial charge in [0.1, 0.15) is 0 Å². The minimum absolute atomic E-state index is 0. The standard InChI is InChI=1S/C66H48N2.CH4/c1-7-19-49(20-8-1)53-31-39-59(40-32-53)67(60-41-33-54(34-42-60)50-21-9-2-10-22-50)65-48-66(64(58-29-17-6-18-30-58)47-63(65)57-27-15-5-16-28-57)68(61-43-35-55(36-44-61)51-23-11-3-12-24-51)62-45-37-56(38-46-62)52-25-13-4-14-26-52;/h1-48H;1H4. The molecule has 0 aliphatic rings. The van der Waals surface area contributed by atoms with Crippen LogP contribution in [0.15, 0.2) is 291 Å². The fraction of sp³-hybridized carbons (Fsp3) is 0.0149. The van der Waals surface area contributed by atoms with E-state index in [2.05, 4.69) is 301 Å². The molecular weight excluding hydrogens is 833 g/mol. The molecule has 0 heterocycles. The topological polar surface area (TPSA) is 6.48 Å². The highest BCUT2D eigenvalue weighted by atomic mass is 15.2. The Hall–Kier alpha value is -8.98. The van der Waals surface area contributed by atoms with Crippen LogP contribution in [-0.2, 0) is 0 Å². The van der Waals surface area contributed by atoms with Crippen molar-refractivity contribution in [2.24, 2.45) is 0 Å². The lowest BCUT2D eigenvalue weighted by atomic mass is 9.93. The maximum absolute atomic E-state index is 2.43. The van der Waals surface area contributed by atoms with Crippen molar-refractivity contribution in [3.63, 3.8) is 0 Å². The highest BCUT2D eigenvalue weighted by molar-refractivity contribution is 5.99. The summed E-state index contributed by atoms with van der Waals surface area (Å²) >= 11 is 0. The lowest BCUT2D eigenvalue weighted by molar-refractivity contribution is 1.25. The molecule has 0 saturated heterocycles. The van der Waals surface area contributed by atoms with Crippen LogP contribution < -0.4 is 9.80 Å². The molecule has 0 spiro atoms. The molecule has 0 bridgehead atoms. The van der Waals surface area contributed by atoms with Gasteiger partial charge < -0.3 is 9.80 Å². The zero-order chi connectivity index (χ0) is 45.5. The minimum atomic E-state index is 0.